The van der Waals surface area contributed by atoms with Gasteiger partial charge < -0.3 is 9.80 Å². The zero-order valence-electron chi connectivity index (χ0n) is 39.1. The van der Waals surface area contributed by atoms with Gasteiger partial charge in [-0.1, -0.05) is 129 Å². The van der Waals surface area contributed by atoms with E-state index in [1.54, 1.807) is 5.56 Å². The lowest BCUT2D eigenvalue weighted by Crippen LogP contribution is -2.62. The molecule has 3 heterocycles. The molecule has 4 heteroatoms. The van der Waals surface area contributed by atoms with Gasteiger partial charge in [0.2, 0.25) is 0 Å². The molecule has 0 spiro atoms. The van der Waals surface area contributed by atoms with Crippen molar-refractivity contribution in [1.82, 2.24) is 0 Å². The Balaban J connectivity index is 1.25. The summed E-state index contributed by atoms with van der Waals surface area (Å²) in [5, 5.41) is 2.75. The topological polar surface area (TPSA) is 6.48 Å². The second kappa shape index (κ2) is 13.6. The van der Waals surface area contributed by atoms with Gasteiger partial charge in [0.05, 0.1) is 0 Å². The zero-order valence-corrected chi connectivity index (χ0v) is 40.0. The molecule has 2 nitrogen and oxygen atoms in total. The van der Waals surface area contributed by atoms with E-state index in [9.17, 15) is 0 Å². The van der Waals surface area contributed by atoms with Gasteiger partial charge >= 0.3 is 0 Å². The molecule has 5 aliphatic rings. The standard InChI is InChI=1S/C59H63BN2S/c1-36-17-13-15-21-47(36)62-48-26-24-41-40-20-14-16-22-52(40)63-55(41)54(48)60-46-34-44-45(59(8,9)30-29-58(44,6)7)35-49(46)61(39-23-25-42-43(33-39)57(4,5)28-27-56(42,2)3)50-31-38(32-51(62)53(50)60)37-18-11-10-12-19-37/h13-17,20-26,31-35,37H,10-12,18-19,27-30H2,1-9H3. The Bertz CT molecular complexity index is 3050. The van der Waals surface area contributed by atoms with Gasteiger partial charge in [0.1, 0.15) is 0 Å². The third-order valence-corrected chi connectivity index (χ3v) is 18.3. The van der Waals surface area contributed by atoms with Gasteiger partial charge in [0, 0.05) is 48.9 Å². The molecule has 1 saturated carbocycles. The molecule has 0 bridgehead atoms. The minimum Gasteiger partial charge on any atom is -0.311 e. The molecule has 318 valence electrons. The van der Waals surface area contributed by atoms with Gasteiger partial charge in [-0.2, -0.15) is 0 Å². The van der Waals surface area contributed by atoms with Crippen molar-refractivity contribution in [3.8, 4) is 0 Å². The lowest BCUT2D eigenvalue weighted by atomic mass is 9.33. The molecule has 2 aliphatic heterocycles. The van der Waals surface area contributed by atoms with Crippen molar-refractivity contribution in [2.75, 3.05) is 9.80 Å². The molecule has 6 aromatic carbocycles. The number of thiophene rings is 1. The van der Waals surface area contributed by atoms with Crippen LogP contribution in [0.3, 0.4) is 0 Å². The molecule has 63 heavy (non-hydrogen) atoms. The molecule has 0 unspecified atom stereocenters. The minimum atomic E-state index is 0.0767. The fourth-order valence-corrected chi connectivity index (χ4v) is 14.4. The number of hydrogen-bond acceptors (Lipinski definition) is 3. The van der Waals surface area contributed by atoms with Crippen LogP contribution in [0.5, 0.6) is 0 Å². The number of anilines is 6. The van der Waals surface area contributed by atoms with Crippen molar-refractivity contribution in [2.24, 2.45) is 0 Å². The Morgan fingerprint density at radius 2 is 1.13 bits per heavy atom. The van der Waals surface area contributed by atoms with E-state index in [0.29, 0.717) is 5.92 Å². The first kappa shape index (κ1) is 39.8. The van der Waals surface area contributed by atoms with E-state index >= 15 is 0 Å². The predicted molar refractivity (Wildman–Crippen MR) is 274 cm³/mol. The molecule has 12 rings (SSSR count). The van der Waals surface area contributed by atoms with Crippen LogP contribution in [0.4, 0.5) is 34.1 Å². The summed E-state index contributed by atoms with van der Waals surface area (Å²) in [6, 6.07) is 41.6. The fourth-order valence-electron chi connectivity index (χ4n) is 13.1. The first-order valence-electron chi connectivity index (χ1n) is 24.2. The third kappa shape index (κ3) is 5.81. The van der Waals surface area contributed by atoms with Crippen molar-refractivity contribution in [3.05, 3.63) is 137 Å². The summed E-state index contributed by atoms with van der Waals surface area (Å²) in [7, 11) is 0. The number of benzene rings is 6. The summed E-state index contributed by atoms with van der Waals surface area (Å²) >= 11 is 2.00. The van der Waals surface area contributed by atoms with E-state index in [2.05, 4.69) is 175 Å². The summed E-state index contributed by atoms with van der Waals surface area (Å²) in [5.41, 5.74) is 21.8. The van der Waals surface area contributed by atoms with Crippen molar-refractivity contribution in [2.45, 2.75) is 148 Å². The van der Waals surface area contributed by atoms with Gasteiger partial charge in [0.25, 0.3) is 6.71 Å². The Kier molecular flexibility index (Phi) is 8.60. The molecule has 0 amide bonds. The lowest BCUT2D eigenvalue weighted by Gasteiger charge is -2.48. The second-order valence-corrected chi connectivity index (χ2v) is 23.9. The quantitative estimate of drug-likeness (QED) is 0.164. The van der Waals surface area contributed by atoms with Crippen molar-refractivity contribution < 1.29 is 0 Å². The van der Waals surface area contributed by atoms with Crippen LogP contribution in [-0.4, -0.2) is 6.71 Å². The highest BCUT2D eigenvalue weighted by Crippen LogP contribution is 2.54. The highest BCUT2D eigenvalue weighted by atomic mass is 32.1. The number of nitrogens with zero attached hydrogens (tertiary/aromatic N) is 2. The largest absolute Gasteiger partial charge is 0.311 e. The molecule has 3 aliphatic carbocycles. The Hall–Kier alpha value is -4.80. The van der Waals surface area contributed by atoms with E-state index < -0.39 is 0 Å². The number of fused-ring (bicyclic) bond motifs is 10. The first-order valence-corrected chi connectivity index (χ1v) is 25.1. The van der Waals surface area contributed by atoms with Gasteiger partial charge in [0.15, 0.2) is 0 Å². The van der Waals surface area contributed by atoms with Crippen LogP contribution >= 0.6 is 11.3 Å². The lowest BCUT2D eigenvalue weighted by molar-refractivity contribution is 0.332. The maximum atomic E-state index is 2.78. The molecule has 0 atom stereocenters. The van der Waals surface area contributed by atoms with Gasteiger partial charge in [-0.25, -0.2) is 0 Å². The summed E-state index contributed by atoms with van der Waals surface area (Å²) in [5.74, 6) is 0.554. The summed E-state index contributed by atoms with van der Waals surface area (Å²) in [6.45, 7) is 22.3. The Labute approximate surface area is 380 Å². The van der Waals surface area contributed by atoms with E-state index in [4.69, 9.17) is 0 Å². The van der Waals surface area contributed by atoms with E-state index in [1.807, 2.05) is 11.3 Å². The molecule has 1 aromatic heterocycles. The summed E-state index contributed by atoms with van der Waals surface area (Å²) in [6.07, 6.45) is 11.3. The van der Waals surface area contributed by atoms with Crippen LogP contribution in [0.1, 0.15) is 152 Å². The van der Waals surface area contributed by atoms with Gasteiger partial charge in [-0.3, -0.25) is 0 Å². The number of aryl methyl sites for hydroxylation is 1. The highest BCUT2D eigenvalue weighted by molar-refractivity contribution is 7.28. The third-order valence-electron chi connectivity index (χ3n) is 17.1. The number of hydrogen-bond donors (Lipinski definition) is 0. The molecular weight excluding hydrogens is 780 g/mol. The SMILES string of the molecule is Cc1ccccc1N1c2cc(C3CCCCC3)cc3c2B(c2cc4c(cc2N3c2ccc3c(c2)C(C)(C)CCC3(C)C)C(C)(C)CCC4(C)C)c2c1ccc1c2sc2ccccc21. The fraction of sp³-hybridized carbons (Fsp3) is 0.390. The maximum Gasteiger partial charge on any atom is 0.254 e. The maximum absolute atomic E-state index is 2.78. The van der Waals surface area contributed by atoms with E-state index in [0.717, 1.165) is 0 Å². The van der Waals surface area contributed by atoms with E-state index in [-0.39, 0.29) is 28.4 Å². The summed E-state index contributed by atoms with van der Waals surface area (Å²) < 4.78 is 2.80. The Morgan fingerprint density at radius 1 is 0.508 bits per heavy atom. The van der Waals surface area contributed by atoms with Gasteiger partial charge in [-0.15, -0.1) is 11.3 Å². The second-order valence-electron chi connectivity index (χ2n) is 22.9. The van der Waals surface area contributed by atoms with E-state index in [1.165, 1.54) is 156 Å². The minimum absolute atomic E-state index is 0.0767. The van der Waals surface area contributed by atoms with Crippen LogP contribution in [-0.2, 0) is 21.7 Å². The van der Waals surface area contributed by atoms with Crippen LogP contribution in [0.25, 0.3) is 20.2 Å². The monoisotopic (exact) mass is 842 g/mol. The molecule has 0 saturated heterocycles. The highest BCUT2D eigenvalue weighted by Gasteiger charge is 2.48. The summed E-state index contributed by atoms with van der Waals surface area (Å²) in [4.78, 5) is 5.47. The average molecular weight is 843 g/mol. The molecule has 7 aromatic rings. The number of rotatable bonds is 3. The predicted octanol–water partition coefficient (Wildman–Crippen LogP) is 15.2. The number of para-hydroxylation sites is 1. The molecular formula is C59H63BN2S. The average Bonchev–Trinajstić information content (AvgIpc) is 3.66. The van der Waals surface area contributed by atoms with Crippen LogP contribution in [0.2, 0.25) is 0 Å². The zero-order chi connectivity index (χ0) is 43.4. The molecule has 1 fully saturated rings. The van der Waals surface area contributed by atoms with Crippen molar-refractivity contribution in [3.63, 3.8) is 0 Å². The first-order chi connectivity index (χ1) is 30.1. The van der Waals surface area contributed by atoms with Crippen molar-refractivity contribution >= 4 is 88.7 Å². The smallest absolute Gasteiger partial charge is 0.254 e. The van der Waals surface area contributed by atoms with Gasteiger partial charge in [-0.05, 0) is 177 Å². The van der Waals surface area contributed by atoms with Crippen LogP contribution < -0.4 is 26.2 Å². The normalized spacial score (nSPS) is 20.2. The van der Waals surface area contributed by atoms with Crippen LogP contribution in [0.15, 0.2) is 103 Å². The van der Waals surface area contributed by atoms with Crippen LogP contribution in [0, 0.1) is 6.92 Å². The molecule has 0 N–H and O–H groups in total. The molecule has 0 radical (unpaired) electrons. The van der Waals surface area contributed by atoms with Crippen molar-refractivity contribution in [1.29, 1.82) is 0 Å². The Morgan fingerprint density at radius 3 is 1.84 bits per heavy atom.